The van der Waals surface area contributed by atoms with Gasteiger partial charge in [-0.3, -0.25) is 9.69 Å². The van der Waals surface area contributed by atoms with Gasteiger partial charge in [0.15, 0.2) is 0 Å². The monoisotopic (exact) mass is 492 g/mol. The Morgan fingerprint density at radius 3 is 2.34 bits per heavy atom. The van der Waals surface area contributed by atoms with Gasteiger partial charge in [0.1, 0.15) is 34.7 Å². The summed E-state index contributed by atoms with van der Waals surface area (Å²) in [4.78, 5) is 15.8. The minimum Gasteiger partial charge on any atom is -0.384 e. The number of ketones is 1. The summed E-state index contributed by atoms with van der Waals surface area (Å²) in [5.41, 5.74) is -1.41. The van der Waals surface area contributed by atoms with E-state index >= 15 is 0 Å². The van der Waals surface area contributed by atoms with Crippen LogP contribution in [0.25, 0.3) is 0 Å². The number of nitrogens with zero attached hydrogens (tertiary/aromatic N) is 1. The summed E-state index contributed by atoms with van der Waals surface area (Å²) in [6.07, 6.45) is -0.0550. The maximum Gasteiger partial charge on any atom is 0.138 e. The van der Waals surface area contributed by atoms with Gasteiger partial charge in [0.05, 0.1) is 0 Å². The molecule has 8 heteroatoms. The van der Waals surface area contributed by atoms with Crippen molar-refractivity contribution in [3.63, 3.8) is 0 Å². The summed E-state index contributed by atoms with van der Waals surface area (Å²) < 4.78 is 56.6. The second kappa shape index (κ2) is 9.99. The van der Waals surface area contributed by atoms with Gasteiger partial charge in [-0.25, -0.2) is 17.6 Å². The lowest BCUT2D eigenvalue weighted by atomic mass is 9.67. The van der Waals surface area contributed by atoms with E-state index in [2.05, 4.69) is 10.2 Å². The maximum atomic E-state index is 14.8. The van der Waals surface area contributed by atoms with Crippen LogP contribution in [0.15, 0.2) is 36.4 Å². The third-order valence-corrected chi connectivity index (χ3v) is 7.88. The maximum absolute atomic E-state index is 14.8. The van der Waals surface area contributed by atoms with Gasteiger partial charge in [-0.2, -0.15) is 0 Å². The molecule has 0 radical (unpaired) electrons. The molecule has 0 aromatic heterocycles. The molecule has 2 aromatic carbocycles. The molecule has 2 N–H and O–H groups in total. The van der Waals surface area contributed by atoms with E-state index in [1.54, 1.807) is 6.92 Å². The molecule has 190 valence electrons. The zero-order valence-electron chi connectivity index (χ0n) is 20.2. The number of Topliss-reactive ketones (excluding diaryl/α,β-unsaturated/α-hetero) is 1. The van der Waals surface area contributed by atoms with Crippen LogP contribution in [-0.2, 0) is 10.4 Å². The molecule has 0 aliphatic carbocycles. The number of rotatable bonds is 6. The van der Waals surface area contributed by atoms with Crippen molar-refractivity contribution in [3.05, 3.63) is 70.8 Å². The largest absolute Gasteiger partial charge is 0.384 e. The van der Waals surface area contributed by atoms with Gasteiger partial charge in [0.25, 0.3) is 0 Å². The fourth-order valence-corrected chi connectivity index (χ4v) is 5.81. The van der Waals surface area contributed by atoms with Gasteiger partial charge < -0.3 is 10.4 Å². The van der Waals surface area contributed by atoms with Gasteiger partial charge in [-0.15, -0.1) is 0 Å². The molecule has 2 fully saturated rings. The number of hydrogen-bond donors (Lipinski definition) is 2. The van der Waals surface area contributed by atoms with Crippen molar-refractivity contribution in [3.8, 4) is 0 Å². The highest BCUT2D eigenvalue weighted by molar-refractivity contribution is 5.83. The van der Waals surface area contributed by atoms with Gasteiger partial charge in [0, 0.05) is 80.0 Å². The Morgan fingerprint density at radius 2 is 1.71 bits per heavy atom. The van der Waals surface area contributed by atoms with Gasteiger partial charge in [0.2, 0.25) is 0 Å². The van der Waals surface area contributed by atoms with E-state index in [9.17, 15) is 27.5 Å². The summed E-state index contributed by atoms with van der Waals surface area (Å²) in [6, 6.07) is 6.64. The predicted molar refractivity (Wildman–Crippen MR) is 125 cm³/mol. The van der Waals surface area contributed by atoms with Gasteiger partial charge >= 0.3 is 0 Å². The molecule has 0 saturated carbocycles. The third-order valence-electron chi connectivity index (χ3n) is 7.88. The second-order valence-electron chi connectivity index (χ2n) is 10.3. The molecule has 2 aliphatic rings. The van der Waals surface area contributed by atoms with Crippen molar-refractivity contribution in [1.82, 2.24) is 10.2 Å². The minimum atomic E-state index is -1.67. The fourth-order valence-electron chi connectivity index (χ4n) is 5.81. The summed E-state index contributed by atoms with van der Waals surface area (Å²) in [6.45, 7) is 7.30. The topological polar surface area (TPSA) is 52.6 Å². The van der Waals surface area contributed by atoms with Crippen LogP contribution < -0.4 is 5.32 Å². The van der Waals surface area contributed by atoms with Crippen molar-refractivity contribution in [2.75, 3.05) is 26.2 Å². The lowest BCUT2D eigenvalue weighted by molar-refractivity contribution is -0.132. The second-order valence-corrected chi connectivity index (χ2v) is 10.3. The van der Waals surface area contributed by atoms with Crippen molar-refractivity contribution in [2.45, 2.75) is 44.8 Å². The number of aliphatic hydroxyl groups is 1. The van der Waals surface area contributed by atoms with Crippen LogP contribution in [0.3, 0.4) is 0 Å². The van der Waals surface area contributed by atoms with E-state index in [1.807, 2.05) is 13.8 Å². The zero-order valence-corrected chi connectivity index (χ0v) is 20.2. The smallest absolute Gasteiger partial charge is 0.138 e. The predicted octanol–water partition coefficient (Wildman–Crippen LogP) is 4.37. The quantitative estimate of drug-likeness (QED) is 0.589. The molecule has 0 spiro atoms. The SMILES string of the molecule is CC(C)N1C[C@@H](C(=O)C[C@@H]2CNC[C@H](C)[C@]2(O)c2ccc(F)cc2F)[C@H](c2ccc(F)cc2F)C1. The molecular formula is C27H32F4N2O2. The Labute approximate surface area is 203 Å². The standard InChI is InChI=1S/C27H32F4N2O2/c1-15(2)33-13-21(20-6-4-18(28)9-24(20)30)22(14-33)26(34)8-17-12-32-11-16(3)27(17,35)23-7-5-19(29)10-25(23)31/h4-7,9-10,15-17,21-22,32,35H,8,11-14H2,1-3H3/t16-,17+,21-,22+,27+/m0/s1. The summed E-state index contributed by atoms with van der Waals surface area (Å²) in [5, 5.41) is 15.0. The Morgan fingerprint density at radius 1 is 1.06 bits per heavy atom. The average molecular weight is 493 g/mol. The van der Waals surface area contributed by atoms with Crippen LogP contribution in [0.5, 0.6) is 0 Å². The van der Waals surface area contributed by atoms with Gasteiger partial charge in [-0.05, 0) is 31.5 Å². The van der Waals surface area contributed by atoms with Crippen LogP contribution in [0.1, 0.15) is 44.2 Å². The first kappa shape index (κ1) is 25.8. The van der Waals surface area contributed by atoms with E-state index in [-0.39, 0.29) is 30.4 Å². The first-order chi connectivity index (χ1) is 16.5. The van der Waals surface area contributed by atoms with Crippen molar-refractivity contribution in [2.24, 2.45) is 17.8 Å². The van der Waals surface area contributed by atoms with Crippen LogP contribution in [0.4, 0.5) is 17.6 Å². The lowest BCUT2D eigenvalue weighted by Gasteiger charge is -2.45. The van der Waals surface area contributed by atoms with Crippen molar-refractivity contribution >= 4 is 5.78 Å². The number of piperidine rings is 1. The highest BCUT2D eigenvalue weighted by Crippen LogP contribution is 2.44. The molecule has 2 aliphatic heterocycles. The van der Waals surface area contributed by atoms with Crippen LogP contribution in [0.2, 0.25) is 0 Å². The van der Waals surface area contributed by atoms with E-state index in [1.165, 1.54) is 18.2 Å². The van der Waals surface area contributed by atoms with Crippen molar-refractivity contribution in [1.29, 1.82) is 0 Å². The van der Waals surface area contributed by atoms with Crippen molar-refractivity contribution < 1.29 is 27.5 Å². The molecule has 4 rings (SSSR count). The third kappa shape index (κ3) is 4.88. The summed E-state index contributed by atoms with van der Waals surface area (Å²) in [7, 11) is 0. The van der Waals surface area contributed by atoms with E-state index in [0.717, 1.165) is 18.2 Å². The lowest BCUT2D eigenvalue weighted by Crippen LogP contribution is -2.55. The first-order valence-corrected chi connectivity index (χ1v) is 12.1. The molecule has 2 saturated heterocycles. The zero-order chi connectivity index (χ0) is 25.5. The number of carbonyl (C=O) groups is 1. The number of carbonyl (C=O) groups excluding carboxylic acids is 1. The molecular weight excluding hydrogens is 460 g/mol. The number of nitrogens with one attached hydrogen (secondary N) is 1. The molecule has 35 heavy (non-hydrogen) atoms. The highest BCUT2D eigenvalue weighted by Gasteiger charge is 2.49. The first-order valence-electron chi connectivity index (χ1n) is 12.1. The molecule has 0 amide bonds. The average Bonchev–Trinajstić information content (AvgIpc) is 3.22. The molecule has 0 bridgehead atoms. The molecule has 2 heterocycles. The number of benzene rings is 2. The Bertz CT molecular complexity index is 1090. The molecule has 0 unspecified atom stereocenters. The summed E-state index contributed by atoms with van der Waals surface area (Å²) in [5.74, 6) is -5.24. The van der Waals surface area contributed by atoms with E-state index < -0.39 is 52.5 Å². The number of likely N-dealkylation sites (tertiary alicyclic amines) is 1. The Hall–Kier alpha value is -2.29. The highest BCUT2D eigenvalue weighted by atomic mass is 19.1. The van der Waals surface area contributed by atoms with E-state index in [4.69, 9.17) is 0 Å². The molecule has 2 aromatic rings. The van der Waals surface area contributed by atoms with Gasteiger partial charge in [-0.1, -0.05) is 19.1 Å². The Kier molecular flexibility index (Phi) is 7.36. The van der Waals surface area contributed by atoms with Crippen LogP contribution in [-0.4, -0.2) is 48.0 Å². The fraction of sp³-hybridized carbons (Fsp3) is 0.519. The van der Waals surface area contributed by atoms with Crippen LogP contribution >= 0.6 is 0 Å². The Balaban J connectivity index is 1.65. The molecule has 4 nitrogen and oxygen atoms in total. The summed E-state index contributed by atoms with van der Waals surface area (Å²) >= 11 is 0. The number of halogens is 4. The van der Waals surface area contributed by atoms with E-state index in [0.29, 0.717) is 25.2 Å². The minimum absolute atomic E-state index is 0.0259. The normalized spacial score (nSPS) is 29.6. The number of hydrogen-bond acceptors (Lipinski definition) is 4. The van der Waals surface area contributed by atoms with Crippen LogP contribution in [0, 0.1) is 41.0 Å². The molecule has 5 atom stereocenters.